The SMILES string of the molecule is CN(C)S(=O)(=O)c1ccccc1CNC(=O)C1CCCCC1. The molecule has 6 heteroatoms. The summed E-state index contributed by atoms with van der Waals surface area (Å²) in [5, 5.41) is 2.90. The number of carbonyl (C=O) groups excluding carboxylic acids is 1. The Morgan fingerprint density at radius 1 is 1.18 bits per heavy atom. The molecule has 1 fully saturated rings. The molecule has 0 spiro atoms. The molecule has 0 saturated heterocycles. The van der Waals surface area contributed by atoms with E-state index < -0.39 is 10.0 Å². The van der Waals surface area contributed by atoms with Crippen molar-refractivity contribution in [2.45, 2.75) is 43.5 Å². The first-order valence-corrected chi connectivity index (χ1v) is 9.15. The van der Waals surface area contributed by atoms with E-state index in [9.17, 15) is 13.2 Å². The van der Waals surface area contributed by atoms with Crippen molar-refractivity contribution in [3.05, 3.63) is 29.8 Å². The monoisotopic (exact) mass is 324 g/mol. The molecule has 1 aliphatic carbocycles. The van der Waals surface area contributed by atoms with Crippen LogP contribution < -0.4 is 5.32 Å². The fraction of sp³-hybridized carbons (Fsp3) is 0.562. The Hall–Kier alpha value is -1.40. The van der Waals surface area contributed by atoms with Crippen LogP contribution in [0.2, 0.25) is 0 Å². The summed E-state index contributed by atoms with van der Waals surface area (Å²) in [4.78, 5) is 12.4. The number of rotatable bonds is 5. The predicted octanol–water partition coefficient (Wildman–Crippen LogP) is 2.13. The third-order valence-corrected chi connectivity index (χ3v) is 6.08. The third-order valence-electron chi connectivity index (χ3n) is 4.16. The second-order valence-electron chi connectivity index (χ2n) is 5.95. The minimum atomic E-state index is -3.50. The summed E-state index contributed by atoms with van der Waals surface area (Å²) in [5.41, 5.74) is 0.625. The lowest BCUT2D eigenvalue weighted by atomic mass is 9.88. The van der Waals surface area contributed by atoms with Crippen LogP contribution >= 0.6 is 0 Å². The van der Waals surface area contributed by atoms with Gasteiger partial charge >= 0.3 is 0 Å². The molecule has 2 rings (SSSR count). The van der Waals surface area contributed by atoms with Crippen molar-refractivity contribution < 1.29 is 13.2 Å². The van der Waals surface area contributed by atoms with Gasteiger partial charge in [-0.2, -0.15) is 0 Å². The van der Waals surface area contributed by atoms with Crippen LogP contribution in [0.3, 0.4) is 0 Å². The maximum atomic E-state index is 12.3. The number of hydrogen-bond donors (Lipinski definition) is 1. The Morgan fingerprint density at radius 3 is 2.45 bits per heavy atom. The Balaban J connectivity index is 2.09. The van der Waals surface area contributed by atoms with Gasteiger partial charge in [-0.15, -0.1) is 0 Å². The van der Waals surface area contributed by atoms with E-state index in [1.165, 1.54) is 24.8 Å². The van der Waals surface area contributed by atoms with Crippen LogP contribution in [0, 0.1) is 5.92 Å². The molecule has 1 N–H and O–H groups in total. The second kappa shape index (κ2) is 7.24. The van der Waals surface area contributed by atoms with E-state index in [1.807, 2.05) is 0 Å². The predicted molar refractivity (Wildman–Crippen MR) is 85.7 cm³/mol. The summed E-state index contributed by atoms with van der Waals surface area (Å²) in [6.45, 7) is 0.249. The molecule has 0 aromatic heterocycles. The number of benzene rings is 1. The van der Waals surface area contributed by atoms with Crippen molar-refractivity contribution in [3.8, 4) is 0 Å². The lowest BCUT2D eigenvalue weighted by molar-refractivity contribution is -0.126. The second-order valence-corrected chi connectivity index (χ2v) is 8.07. The highest BCUT2D eigenvalue weighted by atomic mass is 32.2. The summed E-state index contributed by atoms with van der Waals surface area (Å²) in [6, 6.07) is 6.81. The number of sulfonamides is 1. The molecule has 0 heterocycles. The molecule has 5 nitrogen and oxygen atoms in total. The number of amides is 1. The summed E-state index contributed by atoms with van der Waals surface area (Å²) >= 11 is 0. The van der Waals surface area contributed by atoms with Gasteiger partial charge in [-0.05, 0) is 24.5 Å². The first kappa shape index (κ1) is 17.0. The number of carbonyl (C=O) groups is 1. The summed E-state index contributed by atoms with van der Waals surface area (Å²) in [6.07, 6.45) is 5.27. The van der Waals surface area contributed by atoms with Crippen LogP contribution in [0.5, 0.6) is 0 Å². The quantitative estimate of drug-likeness (QED) is 0.902. The van der Waals surface area contributed by atoms with Gasteiger partial charge in [-0.25, -0.2) is 12.7 Å². The van der Waals surface area contributed by atoms with Crippen molar-refractivity contribution in [2.75, 3.05) is 14.1 Å². The molecule has 22 heavy (non-hydrogen) atoms. The van der Waals surface area contributed by atoms with E-state index in [0.29, 0.717) is 5.56 Å². The zero-order valence-corrected chi connectivity index (χ0v) is 14.0. The van der Waals surface area contributed by atoms with Gasteiger partial charge in [-0.3, -0.25) is 4.79 Å². The van der Waals surface area contributed by atoms with Crippen molar-refractivity contribution in [1.82, 2.24) is 9.62 Å². The van der Waals surface area contributed by atoms with Gasteiger partial charge in [0.25, 0.3) is 0 Å². The molecule has 1 aromatic rings. The number of nitrogens with one attached hydrogen (secondary N) is 1. The van der Waals surface area contributed by atoms with E-state index in [1.54, 1.807) is 24.3 Å². The topological polar surface area (TPSA) is 66.5 Å². The molecular formula is C16H24N2O3S. The fourth-order valence-corrected chi connectivity index (χ4v) is 3.91. The molecule has 1 amide bonds. The highest BCUT2D eigenvalue weighted by molar-refractivity contribution is 7.89. The lowest BCUT2D eigenvalue weighted by Crippen LogP contribution is -2.32. The van der Waals surface area contributed by atoms with Crippen molar-refractivity contribution in [1.29, 1.82) is 0 Å². The van der Waals surface area contributed by atoms with E-state index in [2.05, 4.69) is 5.32 Å². The maximum Gasteiger partial charge on any atom is 0.242 e. The Labute approximate surface area is 132 Å². The molecule has 0 atom stereocenters. The molecule has 0 bridgehead atoms. The van der Waals surface area contributed by atoms with Gasteiger partial charge in [-0.1, -0.05) is 37.5 Å². The van der Waals surface area contributed by atoms with Gasteiger partial charge < -0.3 is 5.32 Å². The van der Waals surface area contributed by atoms with E-state index in [4.69, 9.17) is 0 Å². The Morgan fingerprint density at radius 2 is 1.82 bits per heavy atom. The Kier molecular flexibility index (Phi) is 5.58. The molecule has 0 unspecified atom stereocenters. The largest absolute Gasteiger partial charge is 0.352 e. The smallest absolute Gasteiger partial charge is 0.242 e. The van der Waals surface area contributed by atoms with Crippen LogP contribution in [-0.2, 0) is 21.4 Å². The van der Waals surface area contributed by atoms with Crippen molar-refractivity contribution >= 4 is 15.9 Å². The molecule has 1 saturated carbocycles. The van der Waals surface area contributed by atoms with E-state index in [0.717, 1.165) is 25.7 Å². The summed E-state index contributed by atoms with van der Waals surface area (Å²) < 4.78 is 25.8. The zero-order valence-electron chi connectivity index (χ0n) is 13.2. The van der Waals surface area contributed by atoms with Crippen LogP contribution in [-0.4, -0.2) is 32.7 Å². The fourth-order valence-electron chi connectivity index (χ4n) is 2.79. The average molecular weight is 324 g/mol. The maximum absolute atomic E-state index is 12.3. The number of hydrogen-bond acceptors (Lipinski definition) is 3. The average Bonchev–Trinajstić information content (AvgIpc) is 2.53. The zero-order chi connectivity index (χ0) is 16.2. The van der Waals surface area contributed by atoms with Crippen LogP contribution in [0.4, 0.5) is 0 Å². The molecule has 0 aliphatic heterocycles. The minimum absolute atomic E-state index is 0.0387. The minimum Gasteiger partial charge on any atom is -0.352 e. The van der Waals surface area contributed by atoms with Gasteiger partial charge in [0, 0.05) is 26.6 Å². The third kappa shape index (κ3) is 3.87. The van der Waals surface area contributed by atoms with E-state index in [-0.39, 0.29) is 23.3 Å². The Bertz CT molecular complexity index is 620. The molecule has 0 radical (unpaired) electrons. The highest BCUT2D eigenvalue weighted by Gasteiger charge is 2.23. The standard InChI is InChI=1S/C16H24N2O3S/c1-18(2)22(20,21)15-11-7-6-10-14(15)12-17-16(19)13-8-4-3-5-9-13/h6-7,10-11,13H,3-5,8-9,12H2,1-2H3,(H,17,19). The lowest BCUT2D eigenvalue weighted by Gasteiger charge is -2.21. The van der Waals surface area contributed by atoms with Gasteiger partial charge in [0.2, 0.25) is 15.9 Å². The molecule has 1 aliphatic rings. The van der Waals surface area contributed by atoms with Crippen LogP contribution in [0.1, 0.15) is 37.7 Å². The molecular weight excluding hydrogens is 300 g/mol. The van der Waals surface area contributed by atoms with E-state index >= 15 is 0 Å². The number of nitrogens with zero attached hydrogens (tertiary/aromatic N) is 1. The molecule has 1 aromatic carbocycles. The normalized spacial score (nSPS) is 16.7. The first-order chi connectivity index (χ1) is 10.4. The first-order valence-electron chi connectivity index (χ1n) is 7.71. The van der Waals surface area contributed by atoms with Gasteiger partial charge in [0.05, 0.1) is 4.90 Å². The summed E-state index contributed by atoms with van der Waals surface area (Å²) in [5.74, 6) is 0.114. The summed E-state index contributed by atoms with van der Waals surface area (Å²) in [7, 11) is -0.485. The molecule has 122 valence electrons. The van der Waals surface area contributed by atoms with Crippen LogP contribution in [0.25, 0.3) is 0 Å². The van der Waals surface area contributed by atoms with Gasteiger partial charge in [0.1, 0.15) is 0 Å². The highest BCUT2D eigenvalue weighted by Crippen LogP contribution is 2.24. The van der Waals surface area contributed by atoms with Crippen LogP contribution in [0.15, 0.2) is 29.2 Å². The van der Waals surface area contributed by atoms with Crippen molar-refractivity contribution in [2.24, 2.45) is 5.92 Å². The van der Waals surface area contributed by atoms with Gasteiger partial charge in [0.15, 0.2) is 0 Å². The van der Waals surface area contributed by atoms with Crippen molar-refractivity contribution in [3.63, 3.8) is 0 Å².